The fraction of sp³-hybridized carbons (Fsp3) is 0.588. The number of carbonyl (C=O) groups excluding carboxylic acids is 3. The van der Waals surface area contributed by atoms with E-state index in [-0.39, 0.29) is 11.2 Å². The Morgan fingerprint density at radius 3 is 2.36 bits per heavy atom. The van der Waals surface area contributed by atoms with E-state index in [1.54, 1.807) is 6.92 Å². The summed E-state index contributed by atoms with van der Waals surface area (Å²) in [6.45, 7) is 6.50. The van der Waals surface area contributed by atoms with Gasteiger partial charge in [-0.3, -0.25) is 23.9 Å². The number of rotatable bonds is 5. The summed E-state index contributed by atoms with van der Waals surface area (Å²) in [4.78, 5) is 49.5. The van der Waals surface area contributed by atoms with E-state index in [0.717, 1.165) is 4.57 Å². The molecule has 2 rings (SSSR count). The van der Waals surface area contributed by atoms with Gasteiger partial charge in [0.05, 0.1) is 0 Å². The highest BCUT2D eigenvalue weighted by molar-refractivity contribution is 7.71. The van der Waals surface area contributed by atoms with Crippen LogP contribution in [0, 0.1) is 11.6 Å². The molecule has 11 heteroatoms. The number of nitrogens with zero attached hydrogens (tertiary/aromatic N) is 1. The highest BCUT2D eigenvalue weighted by Gasteiger charge is 2.58. The first kappa shape index (κ1) is 21.8. The molecule has 0 radical (unpaired) electrons. The predicted molar refractivity (Wildman–Crippen MR) is 96.9 cm³/mol. The van der Waals surface area contributed by atoms with Crippen molar-refractivity contribution in [2.75, 3.05) is 6.61 Å². The monoisotopic (exact) mass is 414 g/mol. The molecule has 1 aromatic rings. The van der Waals surface area contributed by atoms with Gasteiger partial charge in [0, 0.05) is 32.5 Å². The van der Waals surface area contributed by atoms with Gasteiger partial charge in [0.1, 0.15) is 16.8 Å². The summed E-state index contributed by atoms with van der Waals surface area (Å²) >= 11 is 5.05. The Kier molecular flexibility index (Phi) is 6.40. The SMILES string of the molecule is CC(=O)OC[C@@]1(C)O[C@@H](n2cc(C)c(=S)[nH]c2=O)[C@H](OC(C)=O)[C@@H]1OC(C)=O. The smallest absolute Gasteiger partial charge is 0.328 e. The van der Waals surface area contributed by atoms with Crippen LogP contribution in [0.25, 0.3) is 0 Å². The zero-order valence-electron chi connectivity index (χ0n) is 16.1. The van der Waals surface area contributed by atoms with Crippen molar-refractivity contribution in [3.63, 3.8) is 0 Å². The van der Waals surface area contributed by atoms with Crippen molar-refractivity contribution >= 4 is 30.1 Å². The molecule has 0 aromatic carbocycles. The molecule has 0 bridgehead atoms. The predicted octanol–water partition coefficient (Wildman–Crippen LogP) is 0.928. The number of ether oxygens (including phenoxy) is 4. The van der Waals surface area contributed by atoms with Gasteiger partial charge in [0.25, 0.3) is 0 Å². The number of hydrogen-bond donors (Lipinski definition) is 1. The fourth-order valence-electron chi connectivity index (χ4n) is 2.94. The summed E-state index contributed by atoms with van der Waals surface area (Å²) in [6, 6.07) is 0. The maximum absolute atomic E-state index is 12.4. The van der Waals surface area contributed by atoms with Crippen LogP contribution in [0.4, 0.5) is 0 Å². The molecule has 0 aliphatic carbocycles. The Morgan fingerprint density at radius 1 is 1.21 bits per heavy atom. The Morgan fingerprint density at radius 2 is 1.82 bits per heavy atom. The number of aryl methyl sites for hydroxylation is 1. The first-order valence-corrected chi connectivity index (χ1v) is 8.83. The van der Waals surface area contributed by atoms with E-state index in [0.29, 0.717) is 5.56 Å². The molecule has 4 atom stereocenters. The summed E-state index contributed by atoms with van der Waals surface area (Å²) in [7, 11) is 0. The Balaban J connectivity index is 2.56. The number of aromatic nitrogens is 2. The molecule has 0 unspecified atom stereocenters. The third-order valence-corrected chi connectivity index (χ3v) is 4.57. The normalized spacial score (nSPS) is 26.5. The quantitative estimate of drug-likeness (QED) is 0.425. The number of nitrogens with one attached hydrogen (secondary N) is 1. The van der Waals surface area contributed by atoms with E-state index in [1.165, 1.54) is 33.9 Å². The second-order valence-electron chi connectivity index (χ2n) is 6.68. The zero-order chi connectivity index (χ0) is 21.2. The average molecular weight is 414 g/mol. The molecule has 28 heavy (non-hydrogen) atoms. The van der Waals surface area contributed by atoms with Gasteiger partial charge >= 0.3 is 23.6 Å². The third kappa shape index (κ3) is 4.65. The van der Waals surface area contributed by atoms with Crippen molar-refractivity contribution in [3.8, 4) is 0 Å². The standard InChI is InChI=1S/C17H22N2O8S/c1-8-6-19(16(23)18-14(8)28)15-12(25-10(3)21)13(26-11(4)22)17(5,27-15)7-24-9(2)20/h6,12-13,15H,7H2,1-5H3,(H,18,23,28)/t12-,13+,15-,17-/m1/s1. The molecule has 1 aliphatic heterocycles. The average Bonchev–Trinajstić information content (AvgIpc) is 2.82. The van der Waals surface area contributed by atoms with Crippen molar-refractivity contribution in [1.82, 2.24) is 9.55 Å². The van der Waals surface area contributed by atoms with Gasteiger partial charge < -0.3 is 18.9 Å². The van der Waals surface area contributed by atoms with Crippen LogP contribution in [0.1, 0.15) is 39.5 Å². The molecule has 10 nitrogen and oxygen atoms in total. The van der Waals surface area contributed by atoms with Crippen LogP contribution in [-0.2, 0) is 33.3 Å². The largest absolute Gasteiger partial charge is 0.463 e. The van der Waals surface area contributed by atoms with Crippen LogP contribution in [-0.4, -0.2) is 51.9 Å². The third-order valence-electron chi connectivity index (χ3n) is 4.15. The molecule has 0 amide bonds. The minimum absolute atomic E-state index is 0.252. The van der Waals surface area contributed by atoms with Crippen molar-refractivity contribution in [2.24, 2.45) is 0 Å². The first-order valence-electron chi connectivity index (χ1n) is 8.42. The van der Waals surface area contributed by atoms with Gasteiger partial charge in [0.15, 0.2) is 18.4 Å². The van der Waals surface area contributed by atoms with Crippen LogP contribution in [0.3, 0.4) is 0 Å². The molecule has 1 N–H and O–H groups in total. The Labute approximate surface area is 165 Å². The molecule has 1 aromatic heterocycles. The second-order valence-corrected chi connectivity index (χ2v) is 7.09. The van der Waals surface area contributed by atoms with Gasteiger partial charge in [-0.15, -0.1) is 0 Å². The lowest BCUT2D eigenvalue weighted by atomic mass is 9.97. The number of carbonyl (C=O) groups is 3. The highest BCUT2D eigenvalue weighted by atomic mass is 32.1. The van der Waals surface area contributed by atoms with Crippen LogP contribution in [0.15, 0.2) is 11.0 Å². The molecule has 0 saturated carbocycles. The maximum atomic E-state index is 12.4. The fourth-order valence-corrected chi connectivity index (χ4v) is 3.08. The maximum Gasteiger partial charge on any atom is 0.328 e. The van der Waals surface area contributed by atoms with Crippen LogP contribution in [0.2, 0.25) is 0 Å². The lowest BCUT2D eigenvalue weighted by Gasteiger charge is -2.29. The molecule has 1 fully saturated rings. The van der Waals surface area contributed by atoms with Gasteiger partial charge in [-0.1, -0.05) is 12.2 Å². The van der Waals surface area contributed by atoms with Gasteiger partial charge in [-0.25, -0.2) is 4.79 Å². The van der Waals surface area contributed by atoms with Crippen LogP contribution >= 0.6 is 12.2 Å². The van der Waals surface area contributed by atoms with E-state index in [2.05, 4.69) is 4.98 Å². The minimum atomic E-state index is -1.37. The van der Waals surface area contributed by atoms with Crippen molar-refractivity contribution in [2.45, 2.75) is 58.7 Å². The lowest BCUT2D eigenvalue weighted by molar-refractivity contribution is -0.174. The van der Waals surface area contributed by atoms with Crippen LogP contribution < -0.4 is 5.69 Å². The van der Waals surface area contributed by atoms with E-state index < -0.39 is 47.6 Å². The summed E-state index contributed by atoms with van der Waals surface area (Å²) in [5.41, 5.74) is -1.39. The number of hydrogen-bond acceptors (Lipinski definition) is 9. The lowest BCUT2D eigenvalue weighted by Crippen LogP contribution is -2.48. The first-order chi connectivity index (χ1) is 12.9. The zero-order valence-corrected chi connectivity index (χ0v) is 17.0. The molecule has 1 aliphatic rings. The Hall–Kier alpha value is -2.53. The Bertz CT molecular complexity index is 907. The summed E-state index contributed by atoms with van der Waals surface area (Å²) in [5.74, 6) is -1.90. The van der Waals surface area contributed by atoms with Crippen molar-refractivity contribution in [1.29, 1.82) is 0 Å². The molecule has 0 spiro atoms. The minimum Gasteiger partial charge on any atom is -0.463 e. The molecular formula is C17H22N2O8S. The van der Waals surface area contributed by atoms with E-state index in [9.17, 15) is 19.2 Å². The molecule has 154 valence electrons. The van der Waals surface area contributed by atoms with Gasteiger partial charge in [-0.05, 0) is 13.8 Å². The van der Waals surface area contributed by atoms with Crippen molar-refractivity contribution < 1.29 is 33.3 Å². The number of esters is 3. The summed E-state index contributed by atoms with van der Waals surface area (Å²) in [6.07, 6.45) is -1.99. The number of aromatic amines is 1. The summed E-state index contributed by atoms with van der Waals surface area (Å²) in [5, 5.41) is 0. The van der Waals surface area contributed by atoms with E-state index in [1.807, 2.05) is 0 Å². The van der Waals surface area contributed by atoms with Crippen molar-refractivity contribution in [3.05, 3.63) is 26.9 Å². The molecule has 2 heterocycles. The van der Waals surface area contributed by atoms with Gasteiger partial charge in [0.2, 0.25) is 0 Å². The molecular weight excluding hydrogens is 392 g/mol. The molecule has 1 saturated heterocycles. The summed E-state index contributed by atoms with van der Waals surface area (Å²) < 4.78 is 23.1. The van der Waals surface area contributed by atoms with E-state index in [4.69, 9.17) is 31.2 Å². The van der Waals surface area contributed by atoms with Gasteiger partial charge in [-0.2, -0.15) is 0 Å². The highest BCUT2D eigenvalue weighted by Crippen LogP contribution is 2.40. The second kappa shape index (κ2) is 8.23. The topological polar surface area (TPSA) is 126 Å². The van der Waals surface area contributed by atoms with E-state index >= 15 is 0 Å². The van der Waals surface area contributed by atoms with Crippen LogP contribution in [0.5, 0.6) is 0 Å². The number of H-pyrrole nitrogens is 1.